The zero-order chi connectivity index (χ0) is 13.3. The third kappa shape index (κ3) is 2.79. The summed E-state index contributed by atoms with van der Waals surface area (Å²) in [6.45, 7) is 2.67. The number of halogens is 1. The summed E-state index contributed by atoms with van der Waals surface area (Å²) in [4.78, 5) is 22.1. The smallest absolute Gasteiger partial charge is 0.282 e. The van der Waals surface area contributed by atoms with Crippen LogP contribution in [-0.4, -0.2) is 17.4 Å². The van der Waals surface area contributed by atoms with Gasteiger partial charge in [-0.05, 0) is 30.4 Å². The molecule has 6 heteroatoms. The third-order valence-corrected chi connectivity index (χ3v) is 3.44. The second kappa shape index (κ2) is 4.94. The monoisotopic (exact) mass is 268 g/mol. The van der Waals surface area contributed by atoms with E-state index < -0.39 is 10.8 Å². The molecule has 0 radical (unpaired) electrons. The largest absolute Gasteiger partial charge is 0.352 e. The van der Waals surface area contributed by atoms with Crippen molar-refractivity contribution in [1.29, 1.82) is 0 Å². The SMILES string of the molecule is CC1CC1CNC(=O)c1cc(Cl)ccc1[N+](=O)[O-]. The molecular formula is C12H13ClN2O3. The lowest BCUT2D eigenvalue weighted by molar-refractivity contribution is -0.385. The summed E-state index contributed by atoms with van der Waals surface area (Å²) < 4.78 is 0. The van der Waals surface area contributed by atoms with Crippen LogP contribution in [0.15, 0.2) is 18.2 Å². The van der Waals surface area contributed by atoms with Gasteiger partial charge in [-0.15, -0.1) is 0 Å². The van der Waals surface area contributed by atoms with Crippen LogP contribution in [0, 0.1) is 22.0 Å². The van der Waals surface area contributed by atoms with E-state index in [2.05, 4.69) is 12.2 Å². The van der Waals surface area contributed by atoms with E-state index in [-0.39, 0.29) is 11.3 Å². The fourth-order valence-electron chi connectivity index (χ4n) is 1.85. The summed E-state index contributed by atoms with van der Waals surface area (Å²) in [5.41, 5.74) is -0.207. The summed E-state index contributed by atoms with van der Waals surface area (Å²) in [6.07, 6.45) is 1.10. The van der Waals surface area contributed by atoms with E-state index in [0.29, 0.717) is 23.4 Å². The highest BCUT2D eigenvalue weighted by Crippen LogP contribution is 2.36. The highest BCUT2D eigenvalue weighted by atomic mass is 35.5. The summed E-state index contributed by atoms with van der Waals surface area (Å²) in [7, 11) is 0. The predicted octanol–water partition coefficient (Wildman–Crippen LogP) is 2.63. The van der Waals surface area contributed by atoms with Crippen LogP contribution in [0.1, 0.15) is 23.7 Å². The molecule has 0 aromatic heterocycles. The van der Waals surface area contributed by atoms with Crippen molar-refractivity contribution in [2.45, 2.75) is 13.3 Å². The fraction of sp³-hybridized carbons (Fsp3) is 0.417. The van der Waals surface area contributed by atoms with E-state index >= 15 is 0 Å². The molecule has 1 N–H and O–H groups in total. The number of nitro groups is 1. The maximum atomic E-state index is 11.9. The minimum atomic E-state index is -0.578. The van der Waals surface area contributed by atoms with Crippen molar-refractivity contribution in [3.63, 3.8) is 0 Å². The van der Waals surface area contributed by atoms with Crippen molar-refractivity contribution in [1.82, 2.24) is 5.32 Å². The second-order valence-corrected chi connectivity index (χ2v) is 5.04. The van der Waals surface area contributed by atoms with E-state index in [1.807, 2.05) is 0 Å². The Balaban J connectivity index is 2.12. The number of nitro benzene ring substituents is 1. The van der Waals surface area contributed by atoms with Gasteiger partial charge in [-0.2, -0.15) is 0 Å². The zero-order valence-corrected chi connectivity index (χ0v) is 10.6. The van der Waals surface area contributed by atoms with Crippen LogP contribution in [0.4, 0.5) is 5.69 Å². The highest BCUT2D eigenvalue weighted by Gasteiger charge is 2.33. The number of carbonyl (C=O) groups excluding carboxylic acids is 1. The fourth-order valence-corrected chi connectivity index (χ4v) is 2.02. The van der Waals surface area contributed by atoms with Crippen LogP contribution in [0.2, 0.25) is 5.02 Å². The number of hydrogen-bond acceptors (Lipinski definition) is 3. The maximum Gasteiger partial charge on any atom is 0.282 e. The second-order valence-electron chi connectivity index (χ2n) is 4.60. The van der Waals surface area contributed by atoms with Gasteiger partial charge in [-0.1, -0.05) is 18.5 Å². The predicted molar refractivity (Wildman–Crippen MR) is 67.7 cm³/mol. The Hall–Kier alpha value is -1.62. The van der Waals surface area contributed by atoms with Crippen molar-refractivity contribution in [3.05, 3.63) is 38.9 Å². The van der Waals surface area contributed by atoms with Gasteiger partial charge in [0.2, 0.25) is 0 Å². The number of hydrogen-bond donors (Lipinski definition) is 1. The highest BCUT2D eigenvalue weighted by molar-refractivity contribution is 6.31. The number of benzene rings is 1. The van der Waals surface area contributed by atoms with Crippen molar-refractivity contribution in [3.8, 4) is 0 Å². The molecule has 1 aromatic rings. The minimum Gasteiger partial charge on any atom is -0.352 e. The minimum absolute atomic E-state index is 0.0146. The Morgan fingerprint density at radius 2 is 2.28 bits per heavy atom. The van der Waals surface area contributed by atoms with Gasteiger partial charge in [-0.25, -0.2) is 0 Å². The Kier molecular flexibility index (Phi) is 3.52. The normalized spacial score (nSPS) is 21.4. The van der Waals surface area contributed by atoms with Crippen LogP contribution in [0.3, 0.4) is 0 Å². The molecular weight excluding hydrogens is 256 g/mol. The van der Waals surface area contributed by atoms with Crippen molar-refractivity contribution in [2.75, 3.05) is 6.54 Å². The lowest BCUT2D eigenvalue weighted by atomic mass is 10.1. The van der Waals surface area contributed by atoms with E-state index in [4.69, 9.17) is 11.6 Å². The molecule has 1 fully saturated rings. The number of nitrogens with zero attached hydrogens (tertiary/aromatic N) is 1. The molecule has 5 nitrogen and oxygen atoms in total. The first-order chi connectivity index (χ1) is 8.49. The van der Waals surface area contributed by atoms with Gasteiger partial charge in [0.1, 0.15) is 5.56 Å². The number of rotatable bonds is 4. The van der Waals surface area contributed by atoms with Crippen molar-refractivity contribution in [2.24, 2.45) is 11.8 Å². The van der Waals surface area contributed by atoms with Crippen LogP contribution in [-0.2, 0) is 0 Å². The van der Waals surface area contributed by atoms with Crippen molar-refractivity contribution < 1.29 is 9.72 Å². The number of carbonyl (C=O) groups is 1. The summed E-state index contributed by atoms with van der Waals surface area (Å²) in [5.74, 6) is 0.676. The van der Waals surface area contributed by atoms with Crippen LogP contribution >= 0.6 is 11.6 Å². The average Bonchev–Trinajstić information content (AvgIpc) is 3.01. The molecule has 2 unspecified atom stereocenters. The molecule has 0 spiro atoms. The van der Waals surface area contributed by atoms with E-state index in [9.17, 15) is 14.9 Å². The Labute approximate surface area is 109 Å². The van der Waals surface area contributed by atoms with Gasteiger partial charge in [0, 0.05) is 17.6 Å². The standard InChI is InChI=1S/C12H13ClN2O3/c1-7-4-8(7)6-14-12(16)10-5-9(13)2-3-11(10)15(17)18/h2-3,5,7-8H,4,6H2,1H3,(H,14,16). The molecule has 96 valence electrons. The van der Waals surface area contributed by atoms with Gasteiger partial charge >= 0.3 is 0 Å². The molecule has 0 aliphatic heterocycles. The topological polar surface area (TPSA) is 72.2 Å². The summed E-state index contributed by atoms with van der Waals surface area (Å²) in [6, 6.07) is 3.97. The van der Waals surface area contributed by atoms with E-state index in [1.54, 1.807) is 0 Å². The molecule has 1 aromatic carbocycles. The molecule has 1 aliphatic carbocycles. The lowest BCUT2D eigenvalue weighted by Crippen LogP contribution is -2.26. The Bertz CT molecular complexity index is 504. The Morgan fingerprint density at radius 1 is 1.61 bits per heavy atom. The molecule has 2 atom stereocenters. The zero-order valence-electron chi connectivity index (χ0n) is 9.85. The molecule has 1 saturated carbocycles. The molecule has 1 amide bonds. The van der Waals surface area contributed by atoms with Gasteiger partial charge < -0.3 is 5.32 Å². The first kappa shape index (κ1) is 12.8. The van der Waals surface area contributed by atoms with Crippen LogP contribution in [0.5, 0.6) is 0 Å². The molecule has 1 aliphatic rings. The number of amides is 1. The summed E-state index contributed by atoms with van der Waals surface area (Å²) in [5, 5.41) is 13.8. The first-order valence-corrected chi connectivity index (χ1v) is 6.09. The average molecular weight is 269 g/mol. The molecule has 0 saturated heterocycles. The maximum absolute atomic E-state index is 11.9. The molecule has 0 heterocycles. The van der Waals surface area contributed by atoms with Gasteiger partial charge in [-0.3, -0.25) is 14.9 Å². The third-order valence-electron chi connectivity index (χ3n) is 3.20. The number of nitrogens with one attached hydrogen (secondary N) is 1. The van der Waals surface area contributed by atoms with Crippen LogP contribution in [0.25, 0.3) is 0 Å². The molecule has 0 bridgehead atoms. The van der Waals surface area contributed by atoms with E-state index in [0.717, 1.165) is 6.42 Å². The first-order valence-electron chi connectivity index (χ1n) is 5.71. The van der Waals surface area contributed by atoms with Crippen LogP contribution < -0.4 is 5.32 Å². The van der Waals surface area contributed by atoms with Gasteiger partial charge in [0.05, 0.1) is 4.92 Å². The van der Waals surface area contributed by atoms with Crippen molar-refractivity contribution >= 4 is 23.2 Å². The lowest BCUT2D eigenvalue weighted by Gasteiger charge is -2.05. The van der Waals surface area contributed by atoms with Gasteiger partial charge in [0.15, 0.2) is 0 Å². The molecule has 2 rings (SSSR count). The van der Waals surface area contributed by atoms with E-state index in [1.165, 1.54) is 18.2 Å². The quantitative estimate of drug-likeness (QED) is 0.674. The summed E-state index contributed by atoms with van der Waals surface area (Å²) >= 11 is 5.76. The molecule has 18 heavy (non-hydrogen) atoms. The Morgan fingerprint density at radius 3 is 2.83 bits per heavy atom. The van der Waals surface area contributed by atoms with Gasteiger partial charge in [0.25, 0.3) is 11.6 Å².